The van der Waals surface area contributed by atoms with Gasteiger partial charge in [0.2, 0.25) is 0 Å². The van der Waals surface area contributed by atoms with Gasteiger partial charge in [0.05, 0.1) is 0 Å². The third kappa shape index (κ3) is 3.74. The fraction of sp³-hybridized carbons (Fsp3) is 0.600. The summed E-state index contributed by atoms with van der Waals surface area (Å²) in [6, 6.07) is 4.31. The van der Waals surface area contributed by atoms with Crippen LogP contribution in [-0.2, 0) is 0 Å². The number of likely N-dealkylation sites (tertiary alicyclic amines) is 1. The smallest absolute Gasteiger partial charge is 0.163 e. The minimum atomic E-state index is -0.762. The summed E-state index contributed by atoms with van der Waals surface area (Å²) in [7, 11) is 0. The standard InChI is InChI=1S/C15H22F2N2/c1-2-18-14(8-11-19-9-3-4-10-19)12-6-5-7-13(16)15(12)17/h5-7,14,18H,2-4,8-11H2,1H3. The average molecular weight is 268 g/mol. The predicted octanol–water partition coefficient (Wildman–Crippen LogP) is 3.10. The van der Waals surface area contributed by atoms with Gasteiger partial charge in [-0.1, -0.05) is 19.1 Å². The van der Waals surface area contributed by atoms with Gasteiger partial charge in [-0.25, -0.2) is 8.78 Å². The van der Waals surface area contributed by atoms with Crippen molar-refractivity contribution in [3.63, 3.8) is 0 Å². The minimum absolute atomic E-state index is 0.110. The molecule has 2 rings (SSSR count). The van der Waals surface area contributed by atoms with Crippen molar-refractivity contribution in [2.75, 3.05) is 26.2 Å². The van der Waals surface area contributed by atoms with Crippen molar-refractivity contribution in [3.8, 4) is 0 Å². The van der Waals surface area contributed by atoms with Gasteiger partial charge in [-0.05, 0) is 51.5 Å². The maximum atomic E-state index is 13.8. The zero-order chi connectivity index (χ0) is 13.7. The molecule has 1 heterocycles. The van der Waals surface area contributed by atoms with Gasteiger partial charge in [0, 0.05) is 11.6 Å². The monoisotopic (exact) mass is 268 g/mol. The van der Waals surface area contributed by atoms with Gasteiger partial charge in [0.15, 0.2) is 11.6 Å². The Morgan fingerprint density at radius 2 is 2.00 bits per heavy atom. The number of rotatable bonds is 6. The van der Waals surface area contributed by atoms with E-state index in [0.29, 0.717) is 5.56 Å². The maximum Gasteiger partial charge on any atom is 0.163 e. The normalized spacial score (nSPS) is 17.8. The van der Waals surface area contributed by atoms with Gasteiger partial charge in [0.1, 0.15) is 0 Å². The van der Waals surface area contributed by atoms with Crippen LogP contribution in [0, 0.1) is 11.6 Å². The molecule has 1 aromatic rings. The summed E-state index contributed by atoms with van der Waals surface area (Å²) >= 11 is 0. The second kappa shape index (κ2) is 6.96. The number of halogens is 2. The Morgan fingerprint density at radius 1 is 1.26 bits per heavy atom. The van der Waals surface area contributed by atoms with E-state index < -0.39 is 11.6 Å². The molecule has 0 aromatic heterocycles. The molecule has 0 amide bonds. The van der Waals surface area contributed by atoms with Crippen LogP contribution in [0.4, 0.5) is 8.78 Å². The van der Waals surface area contributed by atoms with Crippen LogP contribution >= 0.6 is 0 Å². The lowest BCUT2D eigenvalue weighted by Gasteiger charge is -2.22. The number of hydrogen-bond acceptors (Lipinski definition) is 2. The summed E-state index contributed by atoms with van der Waals surface area (Å²) in [5.74, 6) is -1.48. The Kier molecular flexibility index (Phi) is 5.28. The van der Waals surface area contributed by atoms with Crippen LogP contribution in [0.2, 0.25) is 0 Å². The fourth-order valence-corrected chi connectivity index (χ4v) is 2.72. The van der Waals surface area contributed by atoms with E-state index in [1.54, 1.807) is 12.1 Å². The molecule has 1 atom stereocenters. The molecule has 0 aliphatic carbocycles. The molecule has 0 radical (unpaired) electrons. The summed E-state index contributed by atoms with van der Waals surface area (Å²) < 4.78 is 27.2. The molecule has 106 valence electrons. The third-order valence-corrected chi connectivity index (χ3v) is 3.74. The molecular formula is C15H22F2N2. The highest BCUT2D eigenvalue weighted by molar-refractivity contribution is 5.22. The van der Waals surface area contributed by atoms with Crippen molar-refractivity contribution in [1.82, 2.24) is 10.2 Å². The Labute approximate surface area is 113 Å². The van der Waals surface area contributed by atoms with Gasteiger partial charge in [-0.3, -0.25) is 0 Å². The van der Waals surface area contributed by atoms with Crippen LogP contribution in [-0.4, -0.2) is 31.1 Å². The SMILES string of the molecule is CCNC(CCN1CCCC1)c1cccc(F)c1F. The quantitative estimate of drug-likeness (QED) is 0.853. The second-order valence-electron chi connectivity index (χ2n) is 5.09. The summed E-state index contributed by atoms with van der Waals surface area (Å²) in [5, 5.41) is 3.26. The van der Waals surface area contributed by atoms with Crippen LogP contribution in [0.25, 0.3) is 0 Å². The summed E-state index contributed by atoms with van der Waals surface area (Å²) in [4.78, 5) is 2.39. The summed E-state index contributed by atoms with van der Waals surface area (Å²) in [6.45, 7) is 5.93. The van der Waals surface area contributed by atoms with Crippen LogP contribution in [0.3, 0.4) is 0 Å². The lowest BCUT2D eigenvalue weighted by atomic mass is 10.0. The van der Waals surface area contributed by atoms with E-state index in [2.05, 4.69) is 10.2 Å². The largest absolute Gasteiger partial charge is 0.310 e. The van der Waals surface area contributed by atoms with Crippen molar-refractivity contribution in [3.05, 3.63) is 35.4 Å². The lowest BCUT2D eigenvalue weighted by molar-refractivity contribution is 0.308. The van der Waals surface area contributed by atoms with Crippen molar-refractivity contribution in [1.29, 1.82) is 0 Å². The van der Waals surface area contributed by atoms with Gasteiger partial charge in [-0.15, -0.1) is 0 Å². The highest BCUT2D eigenvalue weighted by Crippen LogP contribution is 2.23. The van der Waals surface area contributed by atoms with Crippen LogP contribution in [0.1, 0.15) is 37.8 Å². The van der Waals surface area contributed by atoms with E-state index in [1.165, 1.54) is 18.9 Å². The number of benzene rings is 1. The maximum absolute atomic E-state index is 13.8. The van der Waals surface area contributed by atoms with Crippen LogP contribution in [0.5, 0.6) is 0 Å². The molecule has 1 aliphatic heterocycles. The Balaban J connectivity index is 2.03. The topological polar surface area (TPSA) is 15.3 Å². The molecule has 0 spiro atoms. The van der Waals surface area contributed by atoms with Crippen molar-refractivity contribution in [2.45, 2.75) is 32.2 Å². The average Bonchev–Trinajstić information content (AvgIpc) is 2.91. The van der Waals surface area contributed by atoms with Crippen LogP contribution < -0.4 is 5.32 Å². The summed E-state index contributed by atoms with van der Waals surface area (Å²) in [6.07, 6.45) is 3.31. The highest BCUT2D eigenvalue weighted by atomic mass is 19.2. The first kappa shape index (κ1) is 14.4. The van der Waals surface area contributed by atoms with E-state index in [-0.39, 0.29) is 6.04 Å². The fourth-order valence-electron chi connectivity index (χ4n) is 2.72. The van der Waals surface area contributed by atoms with Crippen LogP contribution in [0.15, 0.2) is 18.2 Å². The molecule has 1 N–H and O–H groups in total. The molecular weight excluding hydrogens is 246 g/mol. The van der Waals surface area contributed by atoms with E-state index in [0.717, 1.165) is 32.6 Å². The lowest BCUT2D eigenvalue weighted by Crippen LogP contribution is -2.28. The molecule has 1 aliphatic rings. The third-order valence-electron chi connectivity index (χ3n) is 3.74. The van der Waals surface area contributed by atoms with Crippen molar-refractivity contribution >= 4 is 0 Å². The predicted molar refractivity (Wildman–Crippen MR) is 73.1 cm³/mol. The van der Waals surface area contributed by atoms with Gasteiger partial charge in [-0.2, -0.15) is 0 Å². The van der Waals surface area contributed by atoms with E-state index >= 15 is 0 Å². The zero-order valence-electron chi connectivity index (χ0n) is 11.5. The van der Waals surface area contributed by atoms with E-state index in [4.69, 9.17) is 0 Å². The minimum Gasteiger partial charge on any atom is -0.310 e. The first-order chi connectivity index (χ1) is 9.22. The Bertz CT molecular complexity index is 403. The van der Waals surface area contributed by atoms with Gasteiger partial charge in [0.25, 0.3) is 0 Å². The first-order valence-corrected chi connectivity index (χ1v) is 7.12. The van der Waals surface area contributed by atoms with Crippen molar-refractivity contribution in [2.24, 2.45) is 0 Å². The Morgan fingerprint density at radius 3 is 2.68 bits per heavy atom. The molecule has 1 saturated heterocycles. The summed E-state index contributed by atoms with van der Waals surface area (Å²) in [5.41, 5.74) is 0.445. The molecule has 2 nitrogen and oxygen atoms in total. The highest BCUT2D eigenvalue weighted by Gasteiger charge is 2.19. The molecule has 1 unspecified atom stereocenters. The van der Waals surface area contributed by atoms with E-state index in [9.17, 15) is 8.78 Å². The zero-order valence-corrected chi connectivity index (χ0v) is 11.5. The number of nitrogens with zero attached hydrogens (tertiary/aromatic N) is 1. The second-order valence-corrected chi connectivity index (χ2v) is 5.09. The number of nitrogens with one attached hydrogen (secondary N) is 1. The van der Waals surface area contributed by atoms with Crippen molar-refractivity contribution < 1.29 is 8.78 Å². The Hall–Kier alpha value is -1.00. The molecule has 19 heavy (non-hydrogen) atoms. The molecule has 0 saturated carbocycles. The van der Waals surface area contributed by atoms with E-state index in [1.807, 2.05) is 6.92 Å². The van der Waals surface area contributed by atoms with Gasteiger partial charge >= 0.3 is 0 Å². The first-order valence-electron chi connectivity index (χ1n) is 7.12. The molecule has 1 fully saturated rings. The van der Waals surface area contributed by atoms with Gasteiger partial charge < -0.3 is 10.2 Å². The molecule has 4 heteroatoms. The molecule has 1 aromatic carbocycles. The number of hydrogen-bond donors (Lipinski definition) is 1. The molecule has 0 bridgehead atoms.